The molecule has 21 heavy (non-hydrogen) atoms. The van der Waals surface area contributed by atoms with E-state index in [4.69, 9.17) is 4.74 Å². The number of aliphatic hydroxyl groups is 1. The van der Waals surface area contributed by atoms with Gasteiger partial charge in [-0.1, -0.05) is 6.07 Å². The monoisotopic (exact) mass is 294 g/mol. The second-order valence-electron chi connectivity index (χ2n) is 5.33. The van der Waals surface area contributed by atoms with Crippen molar-refractivity contribution in [2.45, 2.75) is 26.0 Å². The van der Waals surface area contributed by atoms with Gasteiger partial charge in [-0.05, 0) is 37.1 Å². The van der Waals surface area contributed by atoms with Gasteiger partial charge in [-0.15, -0.1) is 0 Å². The third-order valence-corrected chi connectivity index (χ3v) is 3.69. The van der Waals surface area contributed by atoms with Crippen molar-refractivity contribution >= 4 is 6.03 Å². The molecule has 6 heteroatoms. The van der Waals surface area contributed by atoms with Crippen molar-refractivity contribution in [3.05, 3.63) is 29.3 Å². The molecule has 0 aromatic heterocycles. The van der Waals surface area contributed by atoms with Crippen molar-refractivity contribution in [3.63, 3.8) is 0 Å². The van der Waals surface area contributed by atoms with E-state index in [1.165, 1.54) is 0 Å². The molecule has 0 bridgehead atoms. The minimum Gasteiger partial charge on any atom is -0.508 e. The highest BCUT2D eigenvalue weighted by molar-refractivity contribution is 5.74. The minimum absolute atomic E-state index is 0.191. The van der Waals surface area contributed by atoms with Crippen LogP contribution in [0.15, 0.2) is 18.2 Å². The molecule has 6 nitrogen and oxygen atoms in total. The van der Waals surface area contributed by atoms with Crippen LogP contribution in [-0.2, 0) is 4.74 Å². The lowest BCUT2D eigenvalue weighted by Gasteiger charge is -2.29. The highest BCUT2D eigenvalue weighted by atomic mass is 16.5. The molecule has 1 aliphatic rings. The summed E-state index contributed by atoms with van der Waals surface area (Å²) in [5, 5.41) is 22.6. The van der Waals surface area contributed by atoms with Crippen molar-refractivity contribution in [1.29, 1.82) is 0 Å². The van der Waals surface area contributed by atoms with E-state index >= 15 is 0 Å². The largest absolute Gasteiger partial charge is 0.508 e. The fourth-order valence-corrected chi connectivity index (χ4v) is 2.28. The molecule has 2 unspecified atom stereocenters. The maximum atomic E-state index is 12.1. The van der Waals surface area contributed by atoms with Crippen molar-refractivity contribution in [3.8, 4) is 5.75 Å². The molecule has 3 N–H and O–H groups in total. The first-order chi connectivity index (χ1) is 9.99. The maximum absolute atomic E-state index is 12.1. The minimum atomic E-state index is -0.825. The fourth-order valence-electron chi connectivity index (χ4n) is 2.28. The number of rotatable bonds is 3. The summed E-state index contributed by atoms with van der Waals surface area (Å²) in [6, 6.07) is 4.30. The van der Waals surface area contributed by atoms with Gasteiger partial charge in [0.2, 0.25) is 0 Å². The Balaban J connectivity index is 1.96. The van der Waals surface area contributed by atoms with Gasteiger partial charge in [0.05, 0.1) is 25.4 Å². The van der Waals surface area contributed by atoms with Gasteiger partial charge >= 0.3 is 6.03 Å². The Labute approximate surface area is 124 Å². The number of hydrogen-bond acceptors (Lipinski definition) is 4. The van der Waals surface area contributed by atoms with Crippen molar-refractivity contribution in [1.82, 2.24) is 10.2 Å². The molecule has 0 aliphatic carbocycles. The first-order valence-electron chi connectivity index (χ1n) is 7.10. The third kappa shape index (κ3) is 3.86. The maximum Gasteiger partial charge on any atom is 0.317 e. The average Bonchev–Trinajstić information content (AvgIpc) is 2.50. The van der Waals surface area contributed by atoms with Crippen LogP contribution >= 0.6 is 0 Å². The van der Waals surface area contributed by atoms with E-state index in [0.717, 1.165) is 0 Å². The van der Waals surface area contributed by atoms with Gasteiger partial charge in [0, 0.05) is 13.1 Å². The van der Waals surface area contributed by atoms with Crippen LogP contribution in [-0.4, -0.2) is 53.5 Å². The molecule has 1 aliphatic heterocycles. The van der Waals surface area contributed by atoms with Gasteiger partial charge in [-0.25, -0.2) is 4.79 Å². The summed E-state index contributed by atoms with van der Waals surface area (Å²) in [7, 11) is 0. The number of phenols is 1. The van der Waals surface area contributed by atoms with E-state index in [2.05, 4.69) is 5.32 Å². The third-order valence-electron chi connectivity index (χ3n) is 3.69. The van der Waals surface area contributed by atoms with Crippen LogP contribution in [0, 0.1) is 6.92 Å². The number of ether oxygens (including phenoxy) is 1. The van der Waals surface area contributed by atoms with Crippen molar-refractivity contribution in [2.75, 3.05) is 26.3 Å². The zero-order chi connectivity index (χ0) is 15.4. The van der Waals surface area contributed by atoms with E-state index in [0.29, 0.717) is 37.4 Å². The number of aromatic hydroxyl groups is 1. The molecule has 2 amide bonds. The van der Waals surface area contributed by atoms with Gasteiger partial charge < -0.3 is 25.2 Å². The number of morpholine rings is 1. The Morgan fingerprint density at radius 2 is 2.05 bits per heavy atom. The van der Waals surface area contributed by atoms with Crippen molar-refractivity contribution in [2.24, 2.45) is 0 Å². The Morgan fingerprint density at radius 1 is 1.38 bits per heavy atom. The van der Waals surface area contributed by atoms with E-state index < -0.39 is 12.1 Å². The highest BCUT2D eigenvalue weighted by Gasteiger charge is 2.23. The number of benzene rings is 1. The molecule has 2 atom stereocenters. The number of carbonyl (C=O) groups excluding carboxylic acids is 1. The SMILES string of the molecule is Cc1cc(C(O)C(C)NC(=O)N2CCOCC2)ccc1O. The number of carbonyl (C=O) groups is 1. The average molecular weight is 294 g/mol. The number of aryl methyl sites for hydroxylation is 1. The zero-order valence-corrected chi connectivity index (χ0v) is 12.4. The number of nitrogens with one attached hydrogen (secondary N) is 1. The van der Waals surface area contributed by atoms with Crippen LogP contribution < -0.4 is 5.32 Å². The highest BCUT2D eigenvalue weighted by Crippen LogP contribution is 2.23. The second kappa shape index (κ2) is 6.78. The molecule has 1 saturated heterocycles. The quantitative estimate of drug-likeness (QED) is 0.781. The molecular formula is C15H22N2O4. The first-order valence-corrected chi connectivity index (χ1v) is 7.10. The number of amides is 2. The van der Waals surface area contributed by atoms with Crippen molar-refractivity contribution < 1.29 is 19.7 Å². The van der Waals surface area contributed by atoms with Crippen LogP contribution in [0.4, 0.5) is 4.79 Å². The predicted octanol–water partition coefficient (Wildman–Crippen LogP) is 1.16. The molecule has 1 aromatic rings. The molecule has 0 spiro atoms. The number of nitrogens with zero attached hydrogens (tertiary/aromatic N) is 1. The van der Waals surface area contributed by atoms with Crippen LogP contribution in [0.25, 0.3) is 0 Å². The Morgan fingerprint density at radius 3 is 2.67 bits per heavy atom. The molecule has 2 rings (SSSR count). The van der Waals surface area contributed by atoms with E-state index in [-0.39, 0.29) is 11.8 Å². The molecule has 0 saturated carbocycles. The fraction of sp³-hybridized carbons (Fsp3) is 0.533. The zero-order valence-electron chi connectivity index (χ0n) is 12.4. The molecule has 1 heterocycles. The lowest BCUT2D eigenvalue weighted by Crippen LogP contribution is -2.49. The molecule has 0 radical (unpaired) electrons. The summed E-state index contributed by atoms with van der Waals surface area (Å²) in [5.41, 5.74) is 1.36. The van der Waals surface area contributed by atoms with Gasteiger partial charge in [0.1, 0.15) is 5.75 Å². The number of aliphatic hydroxyl groups excluding tert-OH is 1. The summed E-state index contributed by atoms with van der Waals surface area (Å²) in [5.74, 6) is 0.191. The lowest BCUT2D eigenvalue weighted by molar-refractivity contribution is 0.0501. The molecular weight excluding hydrogens is 272 g/mol. The number of phenolic OH excluding ortho intramolecular Hbond substituents is 1. The van der Waals surface area contributed by atoms with Gasteiger partial charge in [0.15, 0.2) is 0 Å². The second-order valence-corrected chi connectivity index (χ2v) is 5.33. The first kappa shape index (κ1) is 15.6. The normalized spacial score (nSPS) is 18.1. The standard InChI is InChI=1S/C15H22N2O4/c1-10-9-12(3-4-13(10)18)14(19)11(2)16-15(20)17-5-7-21-8-6-17/h3-4,9,11,14,18-19H,5-8H2,1-2H3,(H,16,20). The smallest absolute Gasteiger partial charge is 0.317 e. The lowest BCUT2D eigenvalue weighted by atomic mass is 10.0. The van der Waals surface area contributed by atoms with Crippen LogP contribution in [0.3, 0.4) is 0 Å². The van der Waals surface area contributed by atoms with Gasteiger partial charge in [-0.2, -0.15) is 0 Å². The predicted molar refractivity (Wildman–Crippen MR) is 78.2 cm³/mol. The van der Waals surface area contributed by atoms with E-state index in [9.17, 15) is 15.0 Å². The molecule has 1 aromatic carbocycles. The number of urea groups is 1. The summed E-state index contributed by atoms with van der Waals surface area (Å²) in [6.07, 6.45) is -0.825. The molecule has 116 valence electrons. The topological polar surface area (TPSA) is 82.0 Å². The summed E-state index contributed by atoms with van der Waals surface area (Å²) < 4.78 is 5.20. The summed E-state index contributed by atoms with van der Waals surface area (Å²) in [6.45, 7) is 5.73. The van der Waals surface area contributed by atoms with Gasteiger partial charge in [0.25, 0.3) is 0 Å². The Bertz CT molecular complexity index is 500. The van der Waals surface area contributed by atoms with Crippen LogP contribution in [0.1, 0.15) is 24.2 Å². The van der Waals surface area contributed by atoms with Crippen LogP contribution in [0.5, 0.6) is 5.75 Å². The van der Waals surface area contributed by atoms with E-state index in [1.807, 2.05) is 0 Å². The Hall–Kier alpha value is -1.79. The van der Waals surface area contributed by atoms with E-state index in [1.54, 1.807) is 36.9 Å². The number of hydrogen-bond donors (Lipinski definition) is 3. The Kier molecular flexibility index (Phi) is 5.03. The van der Waals surface area contributed by atoms with Gasteiger partial charge in [-0.3, -0.25) is 0 Å². The molecule has 1 fully saturated rings. The summed E-state index contributed by atoms with van der Waals surface area (Å²) >= 11 is 0. The summed E-state index contributed by atoms with van der Waals surface area (Å²) in [4.78, 5) is 13.7. The van der Waals surface area contributed by atoms with Crippen LogP contribution in [0.2, 0.25) is 0 Å².